The maximum Gasteiger partial charge on any atom is 0.129 e. The summed E-state index contributed by atoms with van der Waals surface area (Å²) in [6.07, 6.45) is 1.10. The standard InChI is InChI=1S/C16H19Br2NOS/c1-4-5-19-16(15-7-11(20-3)9-21-15)12-8-13(17)10(2)6-14(12)18/h6-9,16,19H,4-5H2,1-3H3. The fraction of sp³-hybridized carbons (Fsp3) is 0.375. The van der Waals surface area contributed by atoms with Crippen LogP contribution in [0.1, 0.15) is 35.4 Å². The zero-order valence-corrected chi connectivity index (χ0v) is 16.4. The lowest BCUT2D eigenvalue weighted by Crippen LogP contribution is -2.22. The van der Waals surface area contributed by atoms with Crippen LogP contribution in [0.5, 0.6) is 5.75 Å². The van der Waals surface area contributed by atoms with Crippen molar-refractivity contribution in [3.05, 3.63) is 48.5 Å². The summed E-state index contributed by atoms with van der Waals surface area (Å²) >= 11 is 9.07. The van der Waals surface area contributed by atoms with Crippen molar-refractivity contribution in [1.82, 2.24) is 5.32 Å². The fourth-order valence-electron chi connectivity index (χ4n) is 2.13. The Hall–Kier alpha value is -0.360. The Morgan fingerprint density at radius 2 is 2.00 bits per heavy atom. The second-order valence-electron chi connectivity index (χ2n) is 4.90. The van der Waals surface area contributed by atoms with Crippen molar-refractivity contribution >= 4 is 43.2 Å². The number of thiophene rings is 1. The highest BCUT2D eigenvalue weighted by atomic mass is 79.9. The Labute approximate surface area is 147 Å². The van der Waals surface area contributed by atoms with Gasteiger partial charge < -0.3 is 10.1 Å². The van der Waals surface area contributed by atoms with E-state index >= 15 is 0 Å². The zero-order valence-electron chi connectivity index (χ0n) is 12.4. The summed E-state index contributed by atoms with van der Waals surface area (Å²) in [7, 11) is 1.71. The van der Waals surface area contributed by atoms with E-state index in [2.05, 4.69) is 69.2 Å². The van der Waals surface area contributed by atoms with E-state index in [-0.39, 0.29) is 6.04 Å². The van der Waals surface area contributed by atoms with Gasteiger partial charge in [0.15, 0.2) is 0 Å². The number of hydrogen-bond donors (Lipinski definition) is 1. The molecular formula is C16H19Br2NOS. The summed E-state index contributed by atoms with van der Waals surface area (Å²) < 4.78 is 7.58. The first kappa shape index (κ1) is 17.0. The molecule has 1 aromatic carbocycles. The molecule has 1 atom stereocenters. The largest absolute Gasteiger partial charge is 0.496 e. The molecule has 0 saturated heterocycles. The molecule has 5 heteroatoms. The minimum Gasteiger partial charge on any atom is -0.496 e. The molecule has 1 aromatic heterocycles. The van der Waals surface area contributed by atoms with Gasteiger partial charge in [0.1, 0.15) is 5.75 Å². The molecule has 0 fully saturated rings. The Balaban J connectivity index is 2.42. The van der Waals surface area contributed by atoms with Crippen LogP contribution in [0.4, 0.5) is 0 Å². The number of nitrogens with one attached hydrogen (secondary N) is 1. The highest BCUT2D eigenvalue weighted by Gasteiger charge is 2.19. The van der Waals surface area contributed by atoms with Crippen molar-refractivity contribution < 1.29 is 4.74 Å². The van der Waals surface area contributed by atoms with E-state index in [9.17, 15) is 0 Å². The molecule has 2 nitrogen and oxygen atoms in total. The third-order valence-corrected chi connectivity index (χ3v) is 5.82. The first-order valence-electron chi connectivity index (χ1n) is 6.88. The molecule has 0 spiro atoms. The Morgan fingerprint density at radius 3 is 2.62 bits per heavy atom. The van der Waals surface area contributed by atoms with Gasteiger partial charge in [-0.1, -0.05) is 38.8 Å². The van der Waals surface area contributed by atoms with Gasteiger partial charge in [0.05, 0.1) is 13.2 Å². The molecule has 0 aliphatic heterocycles. The first-order chi connectivity index (χ1) is 10.1. The van der Waals surface area contributed by atoms with Crippen LogP contribution in [0.2, 0.25) is 0 Å². The molecule has 2 aromatic rings. The topological polar surface area (TPSA) is 21.3 Å². The second-order valence-corrected chi connectivity index (χ2v) is 7.55. The van der Waals surface area contributed by atoms with E-state index < -0.39 is 0 Å². The summed E-state index contributed by atoms with van der Waals surface area (Å²) in [4.78, 5) is 1.26. The smallest absolute Gasteiger partial charge is 0.129 e. The monoisotopic (exact) mass is 431 g/mol. The van der Waals surface area contributed by atoms with Gasteiger partial charge >= 0.3 is 0 Å². The average molecular weight is 433 g/mol. The maximum absolute atomic E-state index is 5.32. The highest BCUT2D eigenvalue weighted by Crippen LogP contribution is 2.36. The van der Waals surface area contributed by atoms with E-state index in [1.54, 1.807) is 18.4 Å². The Morgan fingerprint density at radius 1 is 1.24 bits per heavy atom. The van der Waals surface area contributed by atoms with Crippen LogP contribution in [0.25, 0.3) is 0 Å². The quantitative estimate of drug-likeness (QED) is 0.633. The zero-order chi connectivity index (χ0) is 15.4. The summed E-state index contributed by atoms with van der Waals surface area (Å²) in [6, 6.07) is 6.63. The predicted octanol–water partition coefficient (Wildman–Crippen LogP) is 5.68. The van der Waals surface area contributed by atoms with Crippen LogP contribution in [0, 0.1) is 6.92 Å². The lowest BCUT2D eigenvalue weighted by Gasteiger charge is -2.20. The summed E-state index contributed by atoms with van der Waals surface area (Å²) in [5.74, 6) is 0.917. The third-order valence-electron chi connectivity index (χ3n) is 3.30. The SMILES string of the molecule is CCCNC(c1cc(OC)cs1)c1cc(Br)c(C)cc1Br. The molecular weight excluding hydrogens is 414 g/mol. The number of methoxy groups -OCH3 is 1. The fourth-order valence-corrected chi connectivity index (χ4v) is 4.12. The van der Waals surface area contributed by atoms with Crippen LogP contribution in [0.15, 0.2) is 32.5 Å². The molecule has 1 unspecified atom stereocenters. The minimum absolute atomic E-state index is 0.171. The predicted molar refractivity (Wildman–Crippen MR) is 97.6 cm³/mol. The second kappa shape index (κ2) is 7.77. The van der Waals surface area contributed by atoms with Crippen LogP contribution in [-0.4, -0.2) is 13.7 Å². The van der Waals surface area contributed by atoms with Gasteiger partial charge in [-0.3, -0.25) is 0 Å². The van der Waals surface area contributed by atoms with Gasteiger partial charge in [0, 0.05) is 19.2 Å². The van der Waals surface area contributed by atoms with Crippen LogP contribution in [-0.2, 0) is 0 Å². The Bertz CT molecular complexity index is 612. The van der Waals surface area contributed by atoms with E-state index in [0.717, 1.165) is 27.7 Å². The molecule has 0 saturated carbocycles. The third kappa shape index (κ3) is 4.09. The van der Waals surface area contributed by atoms with Gasteiger partial charge in [0.2, 0.25) is 0 Å². The van der Waals surface area contributed by atoms with Crippen molar-refractivity contribution in [2.24, 2.45) is 0 Å². The van der Waals surface area contributed by atoms with Gasteiger partial charge in [-0.05, 0) is 49.2 Å². The summed E-state index contributed by atoms with van der Waals surface area (Å²) in [6.45, 7) is 5.25. The first-order valence-corrected chi connectivity index (χ1v) is 9.34. The highest BCUT2D eigenvalue weighted by molar-refractivity contribution is 9.11. The maximum atomic E-state index is 5.32. The number of aryl methyl sites for hydroxylation is 1. The van der Waals surface area contributed by atoms with Crippen molar-refractivity contribution in [1.29, 1.82) is 0 Å². The number of hydrogen-bond acceptors (Lipinski definition) is 3. The van der Waals surface area contributed by atoms with Crippen LogP contribution < -0.4 is 10.1 Å². The van der Waals surface area contributed by atoms with Crippen molar-refractivity contribution in [3.8, 4) is 5.75 Å². The summed E-state index contributed by atoms with van der Waals surface area (Å²) in [5, 5.41) is 5.68. The van der Waals surface area contributed by atoms with Crippen molar-refractivity contribution in [2.45, 2.75) is 26.3 Å². The average Bonchev–Trinajstić information content (AvgIpc) is 2.93. The van der Waals surface area contributed by atoms with Crippen LogP contribution in [0.3, 0.4) is 0 Å². The molecule has 2 rings (SSSR count). The van der Waals surface area contributed by atoms with E-state index in [4.69, 9.17) is 4.74 Å². The minimum atomic E-state index is 0.171. The van der Waals surface area contributed by atoms with Crippen LogP contribution >= 0.6 is 43.2 Å². The molecule has 21 heavy (non-hydrogen) atoms. The van der Waals surface area contributed by atoms with E-state index in [1.807, 2.05) is 5.38 Å². The van der Waals surface area contributed by atoms with Gasteiger partial charge in [-0.25, -0.2) is 0 Å². The molecule has 1 N–H and O–H groups in total. The molecule has 0 aliphatic rings. The molecule has 0 amide bonds. The molecule has 1 heterocycles. The number of ether oxygens (including phenoxy) is 1. The summed E-state index contributed by atoms with van der Waals surface area (Å²) in [5.41, 5.74) is 2.47. The van der Waals surface area contributed by atoms with E-state index in [0.29, 0.717) is 0 Å². The number of rotatable bonds is 6. The number of benzene rings is 1. The molecule has 114 valence electrons. The van der Waals surface area contributed by atoms with E-state index in [1.165, 1.54) is 16.0 Å². The van der Waals surface area contributed by atoms with Gasteiger partial charge in [-0.15, -0.1) is 11.3 Å². The molecule has 0 radical (unpaired) electrons. The Kier molecular flexibility index (Phi) is 6.29. The number of halogens is 2. The molecule has 0 aliphatic carbocycles. The van der Waals surface area contributed by atoms with Gasteiger partial charge in [-0.2, -0.15) is 0 Å². The van der Waals surface area contributed by atoms with Crippen molar-refractivity contribution in [2.75, 3.05) is 13.7 Å². The lowest BCUT2D eigenvalue weighted by atomic mass is 10.0. The lowest BCUT2D eigenvalue weighted by molar-refractivity contribution is 0.416. The van der Waals surface area contributed by atoms with Gasteiger partial charge in [0.25, 0.3) is 0 Å². The van der Waals surface area contributed by atoms with Crippen molar-refractivity contribution in [3.63, 3.8) is 0 Å². The molecule has 0 bridgehead atoms. The normalized spacial score (nSPS) is 12.4.